The molecule has 0 saturated heterocycles. The molecule has 0 aliphatic rings. The minimum Gasteiger partial charge on any atom is -0.261 e. The second kappa shape index (κ2) is 5.13. The van der Waals surface area contributed by atoms with Crippen LogP contribution >= 0.6 is 11.3 Å². The van der Waals surface area contributed by atoms with E-state index in [1.807, 2.05) is 0 Å². The summed E-state index contributed by atoms with van der Waals surface area (Å²) in [6.45, 7) is 6.33. The zero-order valence-electron chi connectivity index (χ0n) is 11.7. The largest absolute Gasteiger partial charge is 0.261 e. The maximum atomic E-state index is 4.77. The molecule has 0 N–H and O–H groups in total. The van der Waals surface area contributed by atoms with Crippen molar-refractivity contribution in [2.45, 2.75) is 20.8 Å². The average molecular weight is 281 g/mol. The molecular weight excluding hydrogens is 266 g/mol. The van der Waals surface area contributed by atoms with Crippen molar-refractivity contribution in [1.82, 2.24) is 15.0 Å². The van der Waals surface area contributed by atoms with Crippen molar-refractivity contribution in [3.63, 3.8) is 0 Å². The van der Waals surface area contributed by atoms with Crippen molar-refractivity contribution in [2.24, 2.45) is 0 Å². The fourth-order valence-corrected chi connectivity index (χ4v) is 3.05. The highest BCUT2D eigenvalue weighted by atomic mass is 32.1. The molecule has 0 bridgehead atoms. The van der Waals surface area contributed by atoms with Crippen LogP contribution in [0, 0.1) is 20.8 Å². The van der Waals surface area contributed by atoms with Gasteiger partial charge in [0.15, 0.2) is 0 Å². The molecule has 0 unspecified atom stereocenters. The van der Waals surface area contributed by atoms with E-state index in [-0.39, 0.29) is 0 Å². The van der Waals surface area contributed by atoms with Crippen LogP contribution in [0.4, 0.5) is 0 Å². The van der Waals surface area contributed by atoms with Gasteiger partial charge in [-0.3, -0.25) is 9.97 Å². The SMILES string of the molecule is Cc1ccc(C)c(-c2nc(-c3cnccn3)sc2C)c1. The second-order valence-corrected chi connectivity index (χ2v) is 6.04. The Labute approximate surface area is 122 Å². The third-order valence-corrected chi connectivity index (χ3v) is 4.22. The summed E-state index contributed by atoms with van der Waals surface area (Å²) in [7, 11) is 0. The predicted molar refractivity (Wildman–Crippen MR) is 82.8 cm³/mol. The van der Waals surface area contributed by atoms with Crippen molar-refractivity contribution in [3.05, 3.63) is 52.8 Å². The van der Waals surface area contributed by atoms with Crippen molar-refractivity contribution in [1.29, 1.82) is 0 Å². The highest BCUT2D eigenvalue weighted by molar-refractivity contribution is 7.15. The lowest BCUT2D eigenvalue weighted by atomic mass is 10.0. The van der Waals surface area contributed by atoms with Crippen LogP contribution in [-0.2, 0) is 0 Å². The van der Waals surface area contributed by atoms with Crippen LogP contribution < -0.4 is 0 Å². The number of aryl methyl sites for hydroxylation is 3. The smallest absolute Gasteiger partial charge is 0.144 e. The predicted octanol–water partition coefficient (Wildman–Crippen LogP) is 4.19. The molecule has 0 saturated carbocycles. The Morgan fingerprint density at radius 3 is 2.65 bits per heavy atom. The molecule has 0 radical (unpaired) electrons. The molecule has 0 spiro atoms. The standard InChI is InChI=1S/C16H15N3S/c1-10-4-5-11(2)13(8-10)15-12(3)20-16(19-15)14-9-17-6-7-18-14/h4-9H,1-3H3. The van der Waals surface area contributed by atoms with Crippen LogP contribution in [0.25, 0.3) is 22.0 Å². The summed E-state index contributed by atoms with van der Waals surface area (Å²) in [5, 5.41) is 0.923. The zero-order chi connectivity index (χ0) is 14.1. The number of nitrogens with zero attached hydrogens (tertiary/aromatic N) is 3. The van der Waals surface area contributed by atoms with Gasteiger partial charge < -0.3 is 0 Å². The molecule has 2 heterocycles. The van der Waals surface area contributed by atoms with Gasteiger partial charge in [0.05, 0.1) is 11.9 Å². The number of aromatic nitrogens is 3. The Morgan fingerprint density at radius 1 is 1.05 bits per heavy atom. The minimum absolute atomic E-state index is 0.831. The summed E-state index contributed by atoms with van der Waals surface area (Å²) < 4.78 is 0. The summed E-state index contributed by atoms with van der Waals surface area (Å²) in [5.41, 5.74) is 5.58. The Hall–Kier alpha value is -2.07. The molecule has 0 amide bonds. The topological polar surface area (TPSA) is 38.7 Å². The quantitative estimate of drug-likeness (QED) is 0.707. The fourth-order valence-electron chi connectivity index (χ4n) is 2.16. The number of rotatable bonds is 2. The van der Waals surface area contributed by atoms with E-state index in [2.05, 4.69) is 48.9 Å². The molecule has 0 aliphatic carbocycles. The molecule has 0 fully saturated rings. The number of hydrogen-bond acceptors (Lipinski definition) is 4. The highest BCUT2D eigenvalue weighted by Gasteiger charge is 2.13. The Balaban J connectivity index is 2.12. The molecule has 3 nitrogen and oxygen atoms in total. The number of benzene rings is 1. The molecule has 20 heavy (non-hydrogen) atoms. The molecule has 0 aliphatic heterocycles. The zero-order valence-corrected chi connectivity index (χ0v) is 12.5. The lowest BCUT2D eigenvalue weighted by molar-refractivity contribution is 1.19. The van der Waals surface area contributed by atoms with Crippen molar-refractivity contribution < 1.29 is 0 Å². The van der Waals surface area contributed by atoms with Crippen LogP contribution in [0.3, 0.4) is 0 Å². The van der Waals surface area contributed by atoms with E-state index in [1.54, 1.807) is 29.9 Å². The van der Waals surface area contributed by atoms with Crippen molar-refractivity contribution >= 4 is 11.3 Å². The number of hydrogen-bond donors (Lipinski definition) is 0. The normalized spacial score (nSPS) is 10.8. The van der Waals surface area contributed by atoms with Gasteiger partial charge in [0, 0.05) is 22.8 Å². The van der Waals surface area contributed by atoms with E-state index < -0.39 is 0 Å². The first-order valence-electron chi connectivity index (χ1n) is 6.46. The van der Waals surface area contributed by atoms with Crippen LogP contribution in [0.1, 0.15) is 16.0 Å². The molecule has 1 aromatic carbocycles. The van der Waals surface area contributed by atoms with Gasteiger partial charge in [-0.05, 0) is 32.4 Å². The Kier molecular flexibility index (Phi) is 3.32. The summed E-state index contributed by atoms with van der Waals surface area (Å²) >= 11 is 1.66. The summed E-state index contributed by atoms with van der Waals surface area (Å²) in [6, 6.07) is 6.47. The van der Waals surface area contributed by atoms with E-state index in [0.29, 0.717) is 0 Å². The molecular formula is C16H15N3S. The lowest BCUT2D eigenvalue weighted by Crippen LogP contribution is -1.88. The molecule has 2 aromatic heterocycles. The van der Waals surface area contributed by atoms with E-state index in [0.717, 1.165) is 16.4 Å². The summed E-state index contributed by atoms with van der Waals surface area (Å²) in [5.74, 6) is 0. The first-order valence-corrected chi connectivity index (χ1v) is 7.28. The van der Waals surface area contributed by atoms with Crippen molar-refractivity contribution in [2.75, 3.05) is 0 Å². The molecule has 3 aromatic rings. The van der Waals surface area contributed by atoms with Gasteiger partial charge in [0.1, 0.15) is 10.7 Å². The first kappa shape index (κ1) is 12.9. The van der Waals surface area contributed by atoms with Gasteiger partial charge in [0.25, 0.3) is 0 Å². The maximum absolute atomic E-state index is 4.77. The average Bonchev–Trinajstić information content (AvgIpc) is 2.84. The third kappa shape index (κ3) is 2.34. The van der Waals surface area contributed by atoms with Gasteiger partial charge in [-0.2, -0.15) is 0 Å². The van der Waals surface area contributed by atoms with Crippen LogP contribution in [-0.4, -0.2) is 15.0 Å². The van der Waals surface area contributed by atoms with Gasteiger partial charge in [-0.1, -0.05) is 17.7 Å². The molecule has 3 rings (SSSR count). The van der Waals surface area contributed by atoms with E-state index in [1.165, 1.54) is 21.6 Å². The Morgan fingerprint density at radius 2 is 1.90 bits per heavy atom. The highest BCUT2D eigenvalue weighted by Crippen LogP contribution is 2.34. The first-order chi connectivity index (χ1) is 9.65. The Bertz CT molecular complexity index is 748. The second-order valence-electron chi connectivity index (χ2n) is 4.83. The molecule has 100 valence electrons. The molecule has 0 atom stereocenters. The minimum atomic E-state index is 0.831. The van der Waals surface area contributed by atoms with E-state index >= 15 is 0 Å². The lowest BCUT2D eigenvalue weighted by Gasteiger charge is -2.05. The summed E-state index contributed by atoms with van der Waals surface area (Å²) in [6.07, 6.45) is 5.13. The maximum Gasteiger partial charge on any atom is 0.144 e. The van der Waals surface area contributed by atoms with E-state index in [9.17, 15) is 0 Å². The van der Waals surface area contributed by atoms with Gasteiger partial charge in [-0.25, -0.2) is 4.98 Å². The molecule has 4 heteroatoms. The van der Waals surface area contributed by atoms with Crippen LogP contribution in [0.2, 0.25) is 0 Å². The van der Waals surface area contributed by atoms with Gasteiger partial charge >= 0.3 is 0 Å². The summed E-state index contributed by atoms with van der Waals surface area (Å²) in [4.78, 5) is 14.4. The monoisotopic (exact) mass is 281 g/mol. The van der Waals surface area contributed by atoms with Gasteiger partial charge in [0.2, 0.25) is 0 Å². The number of thiazole rings is 1. The third-order valence-electron chi connectivity index (χ3n) is 3.23. The van der Waals surface area contributed by atoms with E-state index in [4.69, 9.17) is 4.98 Å². The van der Waals surface area contributed by atoms with Crippen LogP contribution in [0.5, 0.6) is 0 Å². The van der Waals surface area contributed by atoms with Gasteiger partial charge in [-0.15, -0.1) is 11.3 Å². The van der Waals surface area contributed by atoms with Crippen molar-refractivity contribution in [3.8, 4) is 22.0 Å². The van der Waals surface area contributed by atoms with Crippen LogP contribution in [0.15, 0.2) is 36.8 Å². The fraction of sp³-hybridized carbons (Fsp3) is 0.188.